The molecular weight excluding hydrogens is 335 g/mol. The number of hydrogen-bond acceptors (Lipinski definition) is 3. The highest BCUT2D eigenvalue weighted by Crippen LogP contribution is 2.31. The van der Waals surface area contributed by atoms with Crippen LogP contribution in [0.15, 0.2) is 48.5 Å². The maximum absolute atomic E-state index is 12.5. The van der Waals surface area contributed by atoms with E-state index in [0.717, 1.165) is 16.7 Å². The van der Waals surface area contributed by atoms with Crippen LogP contribution < -0.4 is 5.59 Å². The Hall–Kier alpha value is -3.26. The Balaban J connectivity index is 2.14. The minimum Gasteiger partial charge on any atom is -0.461 e. The van der Waals surface area contributed by atoms with Crippen molar-refractivity contribution in [2.24, 2.45) is 7.05 Å². The topological polar surface area (TPSA) is 55.0 Å². The third-order valence-electron chi connectivity index (χ3n) is 4.90. The maximum atomic E-state index is 12.5. The van der Waals surface area contributed by atoms with Crippen LogP contribution in [0.4, 0.5) is 0 Å². The molecule has 0 fully saturated rings. The zero-order chi connectivity index (χ0) is 19.6. The summed E-state index contributed by atoms with van der Waals surface area (Å²) in [6.07, 6.45) is 0. The van der Waals surface area contributed by atoms with Crippen LogP contribution in [0.5, 0.6) is 0 Å². The third kappa shape index (κ3) is 3.27. The van der Waals surface area contributed by atoms with Gasteiger partial charge in [-0.1, -0.05) is 48.5 Å². The predicted octanol–water partition coefficient (Wildman–Crippen LogP) is 2.97. The van der Waals surface area contributed by atoms with Gasteiger partial charge in [0.1, 0.15) is 11.8 Å². The number of ether oxygens (including phenoxy) is 1. The van der Waals surface area contributed by atoms with Crippen LogP contribution >= 0.6 is 0 Å². The number of aryl methyl sites for hydroxylation is 1. The zero-order valence-electron chi connectivity index (χ0n) is 16.0. The summed E-state index contributed by atoms with van der Waals surface area (Å²) in [6, 6.07) is 18.4. The number of nitrogens with zero attached hydrogens (tertiary/aromatic N) is 2. The van der Waals surface area contributed by atoms with E-state index in [-0.39, 0.29) is 6.61 Å². The molecule has 0 aliphatic carbocycles. The van der Waals surface area contributed by atoms with Gasteiger partial charge in [-0.2, -0.15) is 5.26 Å². The highest BCUT2D eigenvalue weighted by molar-refractivity contribution is 6.34. The van der Waals surface area contributed by atoms with Crippen LogP contribution in [-0.4, -0.2) is 25.0 Å². The number of rotatable bonds is 4. The fraction of sp³-hybridized carbons (Fsp3) is 0.182. The molecule has 0 atom stereocenters. The van der Waals surface area contributed by atoms with Gasteiger partial charge in [-0.3, -0.25) is 0 Å². The molecule has 4 nitrogen and oxygen atoms in total. The second kappa shape index (κ2) is 7.55. The smallest absolute Gasteiger partial charge is 0.355 e. The van der Waals surface area contributed by atoms with Crippen LogP contribution in [-0.2, 0) is 11.8 Å². The number of esters is 1. The number of hydrogen-bond donors (Lipinski definition) is 0. The monoisotopic (exact) mass is 356 g/mol. The summed E-state index contributed by atoms with van der Waals surface area (Å²) >= 11 is 0. The van der Waals surface area contributed by atoms with Gasteiger partial charge in [0.05, 0.1) is 12.2 Å². The van der Waals surface area contributed by atoms with Gasteiger partial charge in [-0.15, -0.1) is 0 Å². The molecule has 0 unspecified atom stereocenters. The first-order valence-corrected chi connectivity index (χ1v) is 8.92. The number of carbonyl (C=O) groups is 1. The number of aromatic nitrogens is 1. The first-order chi connectivity index (χ1) is 13.0. The number of carbonyl (C=O) groups excluding carboxylic acids is 1. The lowest BCUT2D eigenvalue weighted by Crippen LogP contribution is -2.20. The van der Waals surface area contributed by atoms with E-state index in [2.05, 4.69) is 25.1 Å². The van der Waals surface area contributed by atoms with Gasteiger partial charge in [-0.05, 0) is 41.7 Å². The Morgan fingerprint density at radius 2 is 1.78 bits per heavy atom. The van der Waals surface area contributed by atoms with Crippen molar-refractivity contribution >= 4 is 19.4 Å². The lowest BCUT2D eigenvalue weighted by molar-refractivity contribution is 0.0516. The molecule has 3 rings (SSSR count). The summed E-state index contributed by atoms with van der Waals surface area (Å²) < 4.78 is 6.96. The second-order valence-corrected chi connectivity index (χ2v) is 6.47. The quantitative estimate of drug-likeness (QED) is 0.534. The summed E-state index contributed by atoms with van der Waals surface area (Å²) in [5, 5.41) is 9.66. The van der Waals surface area contributed by atoms with Crippen molar-refractivity contribution in [3.8, 4) is 28.3 Å². The van der Waals surface area contributed by atoms with Crippen molar-refractivity contribution < 1.29 is 9.53 Å². The molecule has 3 aromatic rings. The van der Waals surface area contributed by atoms with Gasteiger partial charge in [0, 0.05) is 12.6 Å². The molecule has 1 aromatic heterocycles. The van der Waals surface area contributed by atoms with Crippen molar-refractivity contribution in [1.29, 1.82) is 5.26 Å². The van der Waals surface area contributed by atoms with Crippen LogP contribution in [0.3, 0.4) is 0 Å². The number of benzene rings is 2. The van der Waals surface area contributed by atoms with Crippen molar-refractivity contribution in [2.75, 3.05) is 6.61 Å². The van der Waals surface area contributed by atoms with Crippen molar-refractivity contribution in [1.82, 2.24) is 4.57 Å². The first kappa shape index (κ1) is 18.5. The fourth-order valence-corrected chi connectivity index (χ4v) is 3.37. The minimum atomic E-state index is -0.414. The fourth-order valence-electron chi connectivity index (χ4n) is 3.37. The molecule has 0 spiro atoms. The van der Waals surface area contributed by atoms with E-state index in [9.17, 15) is 10.1 Å². The van der Waals surface area contributed by atoms with Crippen molar-refractivity contribution in [2.45, 2.75) is 13.8 Å². The van der Waals surface area contributed by atoms with Crippen molar-refractivity contribution in [3.05, 3.63) is 65.4 Å². The summed E-state index contributed by atoms with van der Waals surface area (Å²) in [6.45, 7) is 4.14. The molecule has 0 N–H and O–H groups in total. The summed E-state index contributed by atoms with van der Waals surface area (Å²) in [5.41, 5.74) is 6.59. The van der Waals surface area contributed by atoms with Crippen molar-refractivity contribution in [3.63, 3.8) is 0 Å². The van der Waals surface area contributed by atoms with Crippen LogP contribution in [0.2, 0.25) is 0 Å². The van der Waals surface area contributed by atoms with E-state index in [1.54, 1.807) is 18.5 Å². The van der Waals surface area contributed by atoms with E-state index in [1.165, 1.54) is 11.1 Å². The summed E-state index contributed by atoms with van der Waals surface area (Å²) in [4.78, 5) is 12.5. The molecule has 0 aliphatic heterocycles. The standard InChI is InChI=1S/C22H21BN2O2/c1-4-27-22(26)20-19(18(13-24)21(23)25(20)3)16-11-9-15(10-12-16)17-8-6-5-7-14(17)2/h5-12H,4,23H2,1-3H3. The van der Waals surface area contributed by atoms with Crippen LogP contribution in [0.25, 0.3) is 22.3 Å². The molecule has 0 aliphatic rings. The normalized spacial score (nSPS) is 10.4. The average molecular weight is 356 g/mol. The highest BCUT2D eigenvalue weighted by atomic mass is 16.5. The lowest BCUT2D eigenvalue weighted by Gasteiger charge is -2.10. The molecule has 0 saturated carbocycles. The van der Waals surface area contributed by atoms with E-state index in [4.69, 9.17) is 4.74 Å². The minimum absolute atomic E-state index is 0.288. The van der Waals surface area contributed by atoms with Gasteiger partial charge >= 0.3 is 5.97 Å². The Kier molecular flexibility index (Phi) is 5.18. The van der Waals surface area contributed by atoms with E-state index < -0.39 is 5.97 Å². The number of nitriles is 1. The Labute approximate surface area is 160 Å². The molecule has 134 valence electrons. The lowest BCUT2D eigenvalue weighted by atomic mass is 9.93. The Bertz CT molecular complexity index is 1040. The second-order valence-electron chi connectivity index (χ2n) is 6.47. The van der Waals surface area contributed by atoms with Gasteiger partial charge < -0.3 is 9.30 Å². The SMILES string of the molecule is Bc1c(C#N)c(-c2ccc(-c3ccccc3C)cc2)c(C(=O)OCC)n1C. The first-order valence-electron chi connectivity index (χ1n) is 8.92. The third-order valence-corrected chi connectivity index (χ3v) is 4.90. The van der Waals surface area contributed by atoms with E-state index in [1.807, 2.05) is 44.2 Å². The van der Waals surface area contributed by atoms with Gasteiger partial charge in [-0.25, -0.2) is 4.79 Å². The van der Waals surface area contributed by atoms with Gasteiger partial charge in [0.15, 0.2) is 7.85 Å². The molecule has 0 amide bonds. The maximum Gasteiger partial charge on any atom is 0.355 e. The van der Waals surface area contributed by atoms with Gasteiger partial charge in [0.2, 0.25) is 0 Å². The summed E-state index contributed by atoms with van der Waals surface area (Å²) in [7, 11) is 3.63. The zero-order valence-corrected chi connectivity index (χ0v) is 16.0. The van der Waals surface area contributed by atoms with E-state index in [0.29, 0.717) is 16.8 Å². The Morgan fingerprint density at radius 3 is 2.37 bits per heavy atom. The molecule has 27 heavy (non-hydrogen) atoms. The Morgan fingerprint density at radius 1 is 1.15 bits per heavy atom. The largest absolute Gasteiger partial charge is 0.461 e. The van der Waals surface area contributed by atoms with Crippen LogP contribution in [0, 0.1) is 18.3 Å². The molecule has 2 aromatic carbocycles. The molecule has 0 radical (unpaired) electrons. The average Bonchev–Trinajstić information content (AvgIpc) is 2.93. The molecule has 0 bridgehead atoms. The predicted molar refractivity (Wildman–Crippen MR) is 110 cm³/mol. The summed E-state index contributed by atoms with van der Waals surface area (Å²) in [5.74, 6) is -0.414. The molecular formula is C22H21BN2O2. The van der Waals surface area contributed by atoms with Crippen LogP contribution in [0.1, 0.15) is 28.5 Å². The highest BCUT2D eigenvalue weighted by Gasteiger charge is 2.25. The molecule has 0 saturated heterocycles. The molecule has 1 heterocycles. The van der Waals surface area contributed by atoms with Gasteiger partial charge in [0.25, 0.3) is 0 Å². The molecule has 5 heteroatoms. The van der Waals surface area contributed by atoms with E-state index >= 15 is 0 Å².